The number of nitriles is 1. The van der Waals surface area contributed by atoms with Gasteiger partial charge in [-0.1, -0.05) is 13.8 Å². The predicted octanol–water partition coefficient (Wildman–Crippen LogP) is 5.09. The number of ether oxygens (including phenoxy) is 1. The Kier molecular flexibility index (Phi) is 5.96. The van der Waals surface area contributed by atoms with Gasteiger partial charge in [-0.15, -0.1) is 0 Å². The zero-order valence-corrected chi connectivity index (χ0v) is 18.1. The molecule has 0 aliphatic carbocycles. The van der Waals surface area contributed by atoms with Gasteiger partial charge in [0.15, 0.2) is 5.60 Å². The number of aromatic nitrogens is 2. The van der Waals surface area contributed by atoms with Gasteiger partial charge < -0.3 is 14.8 Å². The van der Waals surface area contributed by atoms with Gasteiger partial charge in [0.25, 0.3) is 0 Å². The van der Waals surface area contributed by atoms with Gasteiger partial charge in [0, 0.05) is 28.8 Å². The highest BCUT2D eigenvalue weighted by Crippen LogP contribution is 2.45. The highest BCUT2D eigenvalue weighted by Gasteiger charge is 2.56. The highest BCUT2D eigenvalue weighted by atomic mass is 19.4. The van der Waals surface area contributed by atoms with E-state index in [1.165, 1.54) is 39.2 Å². The number of fused-ring (bicyclic) bond motifs is 1. The quantitative estimate of drug-likeness (QED) is 0.514. The lowest BCUT2D eigenvalue weighted by atomic mass is 9.73. The van der Waals surface area contributed by atoms with Gasteiger partial charge in [0.2, 0.25) is 0 Å². The lowest BCUT2D eigenvalue weighted by molar-refractivity contribution is -0.266. The maximum absolute atomic E-state index is 14.1. The molecule has 1 unspecified atom stereocenters. The van der Waals surface area contributed by atoms with Crippen molar-refractivity contribution in [2.45, 2.75) is 50.8 Å². The number of aryl methyl sites for hydroxylation is 1. The molecule has 2 heterocycles. The van der Waals surface area contributed by atoms with E-state index in [9.17, 15) is 22.7 Å². The molecular formula is C23H23F4N3O2. The zero-order valence-electron chi connectivity index (χ0n) is 18.1. The summed E-state index contributed by atoms with van der Waals surface area (Å²) in [5.74, 6) is -0.381. The van der Waals surface area contributed by atoms with E-state index < -0.39 is 35.9 Å². The SMILES string of the molecule is COc1ccc(F)cc1C(C)(C)CC(O)(Cc1cc2c(C)nc(C#N)cc2[nH]1)C(F)(F)F. The molecular weight excluding hydrogens is 426 g/mol. The van der Waals surface area contributed by atoms with Crippen LogP contribution in [-0.2, 0) is 11.8 Å². The number of H-pyrrole nitrogens is 1. The standard InChI is InChI=1S/C23H23F4N3O2/c1-13-17-8-15(30-19(17)9-16(11-28)29-13)10-22(31,23(25,26)27)12-21(2,3)18-7-14(24)5-6-20(18)32-4/h5-9,30-31H,10,12H2,1-4H3. The molecule has 0 spiro atoms. The molecule has 9 heteroatoms. The van der Waals surface area contributed by atoms with Crippen molar-refractivity contribution in [3.8, 4) is 11.8 Å². The average Bonchev–Trinajstić information content (AvgIpc) is 3.09. The molecule has 170 valence electrons. The zero-order chi connectivity index (χ0) is 23.9. The number of aliphatic hydroxyl groups is 1. The summed E-state index contributed by atoms with van der Waals surface area (Å²) in [5.41, 5.74) is -2.96. The van der Waals surface area contributed by atoms with Gasteiger partial charge in [-0.2, -0.15) is 18.4 Å². The summed E-state index contributed by atoms with van der Waals surface area (Å²) in [6.07, 6.45) is -6.46. The Morgan fingerprint density at radius 2 is 1.88 bits per heavy atom. The van der Waals surface area contributed by atoms with Gasteiger partial charge in [0.05, 0.1) is 12.6 Å². The summed E-state index contributed by atoms with van der Waals surface area (Å²) >= 11 is 0. The van der Waals surface area contributed by atoms with Crippen LogP contribution < -0.4 is 4.74 Å². The number of methoxy groups -OCH3 is 1. The number of rotatable bonds is 6. The van der Waals surface area contributed by atoms with Crippen LogP contribution in [0.3, 0.4) is 0 Å². The number of nitrogens with zero attached hydrogens (tertiary/aromatic N) is 2. The van der Waals surface area contributed by atoms with E-state index in [1.807, 2.05) is 6.07 Å². The number of halogens is 4. The van der Waals surface area contributed by atoms with Crippen LogP contribution >= 0.6 is 0 Å². The highest BCUT2D eigenvalue weighted by molar-refractivity contribution is 5.83. The van der Waals surface area contributed by atoms with Crippen LogP contribution in [-0.4, -0.2) is 34.0 Å². The lowest BCUT2D eigenvalue weighted by Crippen LogP contribution is -2.51. The number of alkyl halides is 3. The first-order valence-corrected chi connectivity index (χ1v) is 9.82. The van der Waals surface area contributed by atoms with Crippen LogP contribution in [0.1, 0.15) is 42.9 Å². The molecule has 32 heavy (non-hydrogen) atoms. The molecule has 0 bridgehead atoms. The monoisotopic (exact) mass is 449 g/mol. The summed E-state index contributed by atoms with van der Waals surface area (Å²) in [6.45, 7) is 4.65. The second-order valence-corrected chi connectivity index (χ2v) is 8.57. The van der Waals surface area contributed by atoms with E-state index in [0.29, 0.717) is 16.6 Å². The fourth-order valence-corrected chi connectivity index (χ4v) is 4.12. The molecule has 2 N–H and O–H groups in total. The first-order chi connectivity index (χ1) is 14.8. The van der Waals surface area contributed by atoms with E-state index >= 15 is 0 Å². The summed E-state index contributed by atoms with van der Waals surface area (Å²) in [4.78, 5) is 6.95. The van der Waals surface area contributed by atoms with Gasteiger partial charge in [0.1, 0.15) is 23.3 Å². The second-order valence-electron chi connectivity index (χ2n) is 8.57. The maximum Gasteiger partial charge on any atom is 0.417 e. The molecule has 0 saturated heterocycles. The van der Waals surface area contributed by atoms with Crippen molar-refractivity contribution in [3.63, 3.8) is 0 Å². The summed E-state index contributed by atoms with van der Waals surface area (Å²) in [7, 11) is 1.35. The predicted molar refractivity (Wildman–Crippen MR) is 111 cm³/mol. The van der Waals surface area contributed by atoms with Crippen molar-refractivity contribution in [3.05, 3.63) is 58.8 Å². The van der Waals surface area contributed by atoms with Crippen LogP contribution in [0.2, 0.25) is 0 Å². The van der Waals surface area contributed by atoms with Crippen molar-refractivity contribution in [1.29, 1.82) is 5.26 Å². The first kappa shape index (κ1) is 23.5. The summed E-state index contributed by atoms with van der Waals surface area (Å²) in [6, 6.07) is 8.47. The Bertz CT molecular complexity index is 1190. The Hall–Kier alpha value is -3.12. The minimum atomic E-state index is -4.97. The molecule has 1 atom stereocenters. The summed E-state index contributed by atoms with van der Waals surface area (Å²) < 4.78 is 61.5. The Balaban J connectivity index is 2.03. The van der Waals surface area contributed by atoms with Gasteiger partial charge in [-0.25, -0.2) is 9.37 Å². The second kappa shape index (κ2) is 8.10. The van der Waals surface area contributed by atoms with Crippen LogP contribution in [0.15, 0.2) is 30.3 Å². The van der Waals surface area contributed by atoms with E-state index in [0.717, 1.165) is 12.1 Å². The largest absolute Gasteiger partial charge is 0.496 e. The minimum Gasteiger partial charge on any atom is -0.496 e. The third-order valence-corrected chi connectivity index (χ3v) is 5.61. The topological polar surface area (TPSA) is 81.9 Å². The number of nitrogens with one attached hydrogen (secondary N) is 1. The molecule has 3 aromatic rings. The molecule has 5 nitrogen and oxygen atoms in total. The van der Waals surface area contributed by atoms with Gasteiger partial charge in [-0.3, -0.25) is 0 Å². The molecule has 0 radical (unpaired) electrons. The number of hydrogen-bond donors (Lipinski definition) is 2. The fourth-order valence-electron chi connectivity index (χ4n) is 4.12. The third kappa shape index (κ3) is 4.41. The molecule has 0 aliphatic rings. The number of aromatic amines is 1. The van der Waals surface area contributed by atoms with Crippen molar-refractivity contribution < 1.29 is 27.4 Å². The first-order valence-electron chi connectivity index (χ1n) is 9.82. The molecule has 0 fully saturated rings. The van der Waals surface area contributed by atoms with Crippen molar-refractivity contribution in [2.24, 2.45) is 0 Å². The lowest BCUT2D eigenvalue weighted by Gasteiger charge is -2.38. The Morgan fingerprint density at radius 3 is 2.47 bits per heavy atom. The molecule has 1 aromatic carbocycles. The molecule has 0 aliphatic heterocycles. The average molecular weight is 449 g/mol. The van der Waals surface area contributed by atoms with Crippen molar-refractivity contribution in [2.75, 3.05) is 7.11 Å². The Morgan fingerprint density at radius 1 is 1.19 bits per heavy atom. The normalized spacial score (nSPS) is 14.2. The smallest absolute Gasteiger partial charge is 0.417 e. The maximum atomic E-state index is 14.1. The molecule has 0 saturated carbocycles. The Labute approximate surface area is 182 Å². The third-order valence-electron chi connectivity index (χ3n) is 5.61. The van der Waals surface area contributed by atoms with Crippen LogP contribution in [0.4, 0.5) is 17.6 Å². The van der Waals surface area contributed by atoms with Crippen LogP contribution in [0.25, 0.3) is 10.9 Å². The number of benzene rings is 1. The van der Waals surface area contributed by atoms with E-state index in [1.54, 1.807) is 6.92 Å². The van der Waals surface area contributed by atoms with Gasteiger partial charge >= 0.3 is 6.18 Å². The number of pyridine rings is 1. The molecule has 2 aromatic heterocycles. The van der Waals surface area contributed by atoms with Gasteiger partial charge in [-0.05, 0) is 49.1 Å². The van der Waals surface area contributed by atoms with Crippen LogP contribution in [0.5, 0.6) is 5.75 Å². The van der Waals surface area contributed by atoms with E-state index in [-0.39, 0.29) is 22.7 Å². The van der Waals surface area contributed by atoms with Crippen molar-refractivity contribution >= 4 is 10.9 Å². The van der Waals surface area contributed by atoms with E-state index in [2.05, 4.69) is 9.97 Å². The molecule has 3 rings (SSSR count). The molecule has 0 amide bonds. The fraction of sp³-hybridized carbons (Fsp3) is 0.391. The van der Waals surface area contributed by atoms with E-state index in [4.69, 9.17) is 10.00 Å². The van der Waals surface area contributed by atoms with Crippen LogP contribution in [0, 0.1) is 24.1 Å². The van der Waals surface area contributed by atoms with Crippen molar-refractivity contribution in [1.82, 2.24) is 9.97 Å². The summed E-state index contributed by atoms with van der Waals surface area (Å²) in [5, 5.41) is 20.5. The number of hydrogen-bond acceptors (Lipinski definition) is 4. The minimum absolute atomic E-state index is 0.133.